The summed E-state index contributed by atoms with van der Waals surface area (Å²) in [5.41, 5.74) is 2.63. The predicted molar refractivity (Wildman–Crippen MR) is 53.8 cm³/mol. The first-order valence-electron chi connectivity index (χ1n) is 4.68. The topological polar surface area (TPSA) is 9.23 Å². The molecule has 13 heavy (non-hydrogen) atoms. The summed E-state index contributed by atoms with van der Waals surface area (Å²) in [6.45, 7) is 5.72. The second kappa shape index (κ2) is 3.75. The molecule has 1 aliphatic rings. The van der Waals surface area contributed by atoms with Crippen molar-refractivity contribution < 1.29 is 4.74 Å². The van der Waals surface area contributed by atoms with E-state index in [1.54, 1.807) is 0 Å². The largest absolute Gasteiger partial charge is 0.380 e. The molecular formula is C12H14O. The van der Waals surface area contributed by atoms with Crippen LogP contribution in [0.3, 0.4) is 0 Å². The van der Waals surface area contributed by atoms with Crippen LogP contribution in [-0.4, -0.2) is 13.2 Å². The van der Waals surface area contributed by atoms with Gasteiger partial charge in [0.2, 0.25) is 0 Å². The van der Waals surface area contributed by atoms with Crippen molar-refractivity contribution in [1.82, 2.24) is 0 Å². The van der Waals surface area contributed by atoms with Crippen LogP contribution in [0.4, 0.5) is 0 Å². The van der Waals surface area contributed by atoms with E-state index in [-0.39, 0.29) is 0 Å². The van der Waals surface area contributed by atoms with Crippen LogP contribution in [-0.2, 0) is 4.74 Å². The minimum atomic E-state index is 0.412. The van der Waals surface area contributed by atoms with E-state index in [1.165, 1.54) is 11.1 Å². The summed E-state index contributed by atoms with van der Waals surface area (Å²) >= 11 is 0. The molecule has 0 aliphatic carbocycles. The average molecular weight is 174 g/mol. The highest BCUT2D eigenvalue weighted by Gasteiger charge is 2.18. The minimum Gasteiger partial charge on any atom is -0.380 e. The van der Waals surface area contributed by atoms with Crippen LogP contribution in [0.1, 0.15) is 17.9 Å². The lowest BCUT2D eigenvalue weighted by molar-refractivity contribution is 0.106. The summed E-state index contributed by atoms with van der Waals surface area (Å²) in [6, 6.07) is 10.5. The molecule has 0 N–H and O–H groups in total. The molecule has 1 atom stereocenters. The van der Waals surface area contributed by atoms with Crippen LogP contribution in [0.25, 0.3) is 0 Å². The Morgan fingerprint density at radius 3 is 2.69 bits per heavy atom. The third kappa shape index (κ3) is 1.81. The summed E-state index contributed by atoms with van der Waals surface area (Å²) < 4.78 is 5.45. The number of hydrogen-bond donors (Lipinski definition) is 0. The molecule has 0 spiro atoms. The molecule has 1 fully saturated rings. The highest BCUT2D eigenvalue weighted by atomic mass is 16.5. The van der Waals surface area contributed by atoms with Crippen LogP contribution in [0, 0.1) is 0 Å². The zero-order valence-corrected chi connectivity index (χ0v) is 7.70. The SMILES string of the molecule is C=C1CCOCC1c1ccccc1. The van der Waals surface area contributed by atoms with E-state index in [0.29, 0.717) is 5.92 Å². The Morgan fingerprint density at radius 1 is 1.23 bits per heavy atom. The molecule has 1 heteroatoms. The Bertz CT molecular complexity index is 289. The van der Waals surface area contributed by atoms with E-state index < -0.39 is 0 Å². The van der Waals surface area contributed by atoms with Crippen molar-refractivity contribution >= 4 is 0 Å². The molecule has 1 aromatic rings. The highest BCUT2D eigenvalue weighted by molar-refractivity contribution is 5.28. The van der Waals surface area contributed by atoms with E-state index in [4.69, 9.17) is 4.74 Å². The van der Waals surface area contributed by atoms with Gasteiger partial charge in [0.25, 0.3) is 0 Å². The lowest BCUT2D eigenvalue weighted by atomic mass is 9.90. The van der Waals surface area contributed by atoms with Crippen LogP contribution < -0.4 is 0 Å². The molecule has 1 aliphatic heterocycles. The van der Waals surface area contributed by atoms with Crippen molar-refractivity contribution in [2.24, 2.45) is 0 Å². The van der Waals surface area contributed by atoms with E-state index in [1.807, 2.05) is 6.07 Å². The summed E-state index contributed by atoms with van der Waals surface area (Å²) in [7, 11) is 0. The Hall–Kier alpha value is -1.08. The molecule has 1 aromatic carbocycles. The van der Waals surface area contributed by atoms with Gasteiger partial charge in [0.15, 0.2) is 0 Å². The lowest BCUT2D eigenvalue weighted by Crippen LogP contribution is -2.17. The smallest absolute Gasteiger partial charge is 0.0572 e. The first-order chi connectivity index (χ1) is 6.38. The number of ether oxygens (including phenoxy) is 1. The van der Waals surface area contributed by atoms with Crippen molar-refractivity contribution in [3.63, 3.8) is 0 Å². The third-order valence-corrected chi connectivity index (χ3v) is 2.55. The van der Waals surface area contributed by atoms with E-state index in [9.17, 15) is 0 Å². The normalized spacial score (nSPS) is 23.1. The van der Waals surface area contributed by atoms with Crippen molar-refractivity contribution in [2.75, 3.05) is 13.2 Å². The maximum absolute atomic E-state index is 5.45. The first-order valence-corrected chi connectivity index (χ1v) is 4.68. The van der Waals surface area contributed by atoms with Crippen molar-refractivity contribution in [3.8, 4) is 0 Å². The molecule has 0 radical (unpaired) electrons. The average Bonchev–Trinajstić information content (AvgIpc) is 2.20. The predicted octanol–water partition coefficient (Wildman–Crippen LogP) is 2.75. The zero-order chi connectivity index (χ0) is 9.10. The second-order valence-corrected chi connectivity index (χ2v) is 3.45. The molecule has 1 nitrogen and oxygen atoms in total. The minimum absolute atomic E-state index is 0.412. The van der Waals surface area contributed by atoms with Crippen molar-refractivity contribution in [1.29, 1.82) is 0 Å². The lowest BCUT2D eigenvalue weighted by Gasteiger charge is -2.25. The van der Waals surface area contributed by atoms with Gasteiger partial charge in [-0.1, -0.05) is 42.5 Å². The van der Waals surface area contributed by atoms with E-state index in [2.05, 4.69) is 30.8 Å². The molecule has 0 saturated carbocycles. The highest BCUT2D eigenvalue weighted by Crippen LogP contribution is 2.28. The molecule has 0 amide bonds. The standard InChI is InChI=1S/C12H14O/c1-10-7-8-13-9-12(10)11-5-3-2-4-6-11/h2-6,12H,1,7-9H2. The van der Waals surface area contributed by atoms with Gasteiger partial charge >= 0.3 is 0 Å². The van der Waals surface area contributed by atoms with Gasteiger partial charge in [0.1, 0.15) is 0 Å². The van der Waals surface area contributed by atoms with Gasteiger partial charge in [0.05, 0.1) is 13.2 Å². The van der Waals surface area contributed by atoms with Gasteiger partial charge in [-0.05, 0) is 12.0 Å². The molecule has 2 rings (SSSR count). The first kappa shape index (κ1) is 8.52. The third-order valence-electron chi connectivity index (χ3n) is 2.55. The fourth-order valence-electron chi connectivity index (χ4n) is 1.71. The Kier molecular flexibility index (Phi) is 2.46. The Balaban J connectivity index is 2.20. The Labute approximate surface area is 79.0 Å². The summed E-state index contributed by atoms with van der Waals surface area (Å²) in [5.74, 6) is 0.412. The van der Waals surface area contributed by atoms with Crippen LogP contribution in [0.2, 0.25) is 0 Å². The quantitative estimate of drug-likeness (QED) is 0.595. The van der Waals surface area contributed by atoms with Crippen LogP contribution in [0.15, 0.2) is 42.5 Å². The molecule has 0 aromatic heterocycles. The van der Waals surface area contributed by atoms with Crippen LogP contribution in [0.5, 0.6) is 0 Å². The van der Waals surface area contributed by atoms with Gasteiger partial charge in [0, 0.05) is 5.92 Å². The molecule has 68 valence electrons. The van der Waals surface area contributed by atoms with Gasteiger partial charge in [-0.3, -0.25) is 0 Å². The van der Waals surface area contributed by atoms with Gasteiger partial charge in [-0.25, -0.2) is 0 Å². The molecule has 1 heterocycles. The second-order valence-electron chi connectivity index (χ2n) is 3.45. The zero-order valence-electron chi connectivity index (χ0n) is 7.70. The van der Waals surface area contributed by atoms with Crippen molar-refractivity contribution in [2.45, 2.75) is 12.3 Å². The number of rotatable bonds is 1. The van der Waals surface area contributed by atoms with E-state index in [0.717, 1.165) is 19.6 Å². The summed E-state index contributed by atoms with van der Waals surface area (Å²) in [6.07, 6.45) is 1.000. The summed E-state index contributed by atoms with van der Waals surface area (Å²) in [4.78, 5) is 0. The van der Waals surface area contributed by atoms with Crippen LogP contribution >= 0.6 is 0 Å². The number of benzene rings is 1. The fourth-order valence-corrected chi connectivity index (χ4v) is 1.71. The molecule has 1 saturated heterocycles. The summed E-state index contributed by atoms with van der Waals surface area (Å²) in [5, 5.41) is 0. The van der Waals surface area contributed by atoms with Gasteiger partial charge in [-0.15, -0.1) is 0 Å². The fraction of sp³-hybridized carbons (Fsp3) is 0.333. The molecular weight excluding hydrogens is 160 g/mol. The maximum atomic E-state index is 5.45. The molecule has 1 unspecified atom stereocenters. The van der Waals surface area contributed by atoms with Crippen molar-refractivity contribution in [3.05, 3.63) is 48.0 Å². The van der Waals surface area contributed by atoms with Gasteiger partial charge < -0.3 is 4.74 Å². The Morgan fingerprint density at radius 2 is 2.00 bits per heavy atom. The molecule has 0 bridgehead atoms. The maximum Gasteiger partial charge on any atom is 0.0572 e. The monoisotopic (exact) mass is 174 g/mol. The van der Waals surface area contributed by atoms with Gasteiger partial charge in [-0.2, -0.15) is 0 Å². The number of hydrogen-bond acceptors (Lipinski definition) is 1. The van der Waals surface area contributed by atoms with E-state index >= 15 is 0 Å².